The van der Waals surface area contributed by atoms with Crippen molar-refractivity contribution < 1.29 is 23.9 Å². The molecule has 0 aromatic heterocycles. The van der Waals surface area contributed by atoms with Crippen LogP contribution in [0.1, 0.15) is 19.8 Å². The number of phosphoric acid groups is 1. The number of unbranched alkanes of at least 4 members (excludes halogenated alkanes) is 1. The Bertz CT molecular complexity index is 238. The third-order valence-electron chi connectivity index (χ3n) is 1.74. The molecule has 0 spiro atoms. The molecule has 16 heavy (non-hydrogen) atoms. The summed E-state index contributed by atoms with van der Waals surface area (Å²) in [5.74, 6) is 0. The molecule has 98 valence electrons. The predicted octanol–water partition coefficient (Wildman–Crippen LogP) is 0.686. The summed E-state index contributed by atoms with van der Waals surface area (Å²) in [7, 11) is -2.54. The zero-order valence-corrected chi connectivity index (χ0v) is 10.4. The van der Waals surface area contributed by atoms with Crippen molar-refractivity contribution in [1.29, 1.82) is 0 Å². The molecule has 0 unspecified atom stereocenters. The van der Waals surface area contributed by atoms with Crippen LogP contribution < -0.4 is 0 Å². The van der Waals surface area contributed by atoms with Crippen molar-refractivity contribution in [3.8, 4) is 0 Å². The summed E-state index contributed by atoms with van der Waals surface area (Å²) in [6, 6.07) is 0. The van der Waals surface area contributed by atoms with Gasteiger partial charge in [-0.05, 0) is 6.42 Å². The molecule has 6 nitrogen and oxygen atoms in total. The van der Waals surface area contributed by atoms with E-state index in [-0.39, 0.29) is 4.70 Å². The van der Waals surface area contributed by atoms with Gasteiger partial charge in [-0.3, -0.25) is 4.70 Å². The average Bonchev–Trinajstić information content (AvgIpc) is 2.45. The fraction of sp³-hybridized carbons (Fsp3) is 0.750. The molecular weight excluding hydrogens is 238 g/mol. The van der Waals surface area contributed by atoms with Crippen LogP contribution in [0.15, 0.2) is 12.4 Å². The van der Waals surface area contributed by atoms with E-state index in [9.17, 15) is 0 Å². The Hall–Kier alpha value is -0.620. The average molecular weight is 258 g/mol. The Morgan fingerprint density at radius 3 is 2.12 bits per heavy atom. The topological polar surface area (TPSA) is 84.2 Å². The highest BCUT2D eigenvalue weighted by Crippen LogP contribution is 2.25. The molecule has 0 aliphatic carbocycles. The lowest BCUT2D eigenvalue weighted by Gasteiger charge is -2.17. The van der Waals surface area contributed by atoms with Crippen molar-refractivity contribution >= 4 is 7.82 Å². The van der Waals surface area contributed by atoms with Crippen LogP contribution >= 0.6 is 7.82 Å². The van der Waals surface area contributed by atoms with E-state index in [4.69, 9.17) is 19.2 Å². The number of halogens is 1. The largest absolute Gasteiger partial charge is 0.466 e. The minimum Gasteiger partial charge on any atom is -0.362 e. The summed E-state index contributed by atoms with van der Waals surface area (Å²) in [5, 5.41) is 0. The monoisotopic (exact) mass is 258 g/mol. The minimum atomic E-state index is -4.64. The highest BCUT2D eigenvalue weighted by molar-refractivity contribution is 7.45. The van der Waals surface area contributed by atoms with Gasteiger partial charge in [-0.2, -0.15) is 0 Å². The Labute approximate surface area is 94.8 Å². The van der Waals surface area contributed by atoms with Crippen LogP contribution in [0.4, 0.5) is 4.70 Å². The predicted molar refractivity (Wildman–Crippen MR) is 60.1 cm³/mol. The van der Waals surface area contributed by atoms with Crippen molar-refractivity contribution in [3.05, 3.63) is 12.4 Å². The summed E-state index contributed by atoms with van der Waals surface area (Å²) >= 11 is 0. The highest BCUT2D eigenvalue weighted by atomic mass is 31.2. The number of hydrogen-bond acceptors (Lipinski definition) is 3. The van der Waals surface area contributed by atoms with E-state index >= 15 is 0 Å². The molecule has 1 aliphatic heterocycles. The summed E-state index contributed by atoms with van der Waals surface area (Å²) in [5.41, 5.74) is 0. The van der Waals surface area contributed by atoms with Crippen LogP contribution in [0, 0.1) is 0 Å². The summed E-state index contributed by atoms with van der Waals surface area (Å²) in [6.45, 7) is 4.50. The molecule has 8 heteroatoms. The maximum atomic E-state index is 8.88. The van der Waals surface area contributed by atoms with Gasteiger partial charge in [-0.1, -0.05) is 13.3 Å². The summed E-state index contributed by atoms with van der Waals surface area (Å²) in [4.78, 5) is 26.1. The molecule has 0 fully saturated rings. The Morgan fingerprint density at radius 2 is 1.81 bits per heavy atom. The molecule has 1 rings (SSSR count). The first-order valence-electron chi connectivity index (χ1n) is 4.74. The van der Waals surface area contributed by atoms with Crippen LogP contribution in [-0.2, 0) is 4.57 Å². The van der Waals surface area contributed by atoms with Crippen molar-refractivity contribution in [1.82, 2.24) is 9.80 Å². The first-order chi connectivity index (χ1) is 6.83. The molecule has 0 radical (unpaired) electrons. The second-order valence-corrected chi connectivity index (χ2v) is 4.40. The van der Waals surface area contributed by atoms with Gasteiger partial charge in [0.1, 0.15) is 0 Å². The zero-order valence-electron chi connectivity index (χ0n) is 9.48. The van der Waals surface area contributed by atoms with Gasteiger partial charge in [0.15, 0.2) is 0 Å². The van der Waals surface area contributed by atoms with Gasteiger partial charge in [0, 0.05) is 26.0 Å². The fourth-order valence-electron chi connectivity index (χ4n) is 1.10. The minimum absolute atomic E-state index is 0. The lowest BCUT2D eigenvalue weighted by Crippen LogP contribution is -2.23. The Balaban J connectivity index is 0. The van der Waals surface area contributed by atoms with Gasteiger partial charge in [0.05, 0.1) is 6.67 Å². The van der Waals surface area contributed by atoms with Gasteiger partial charge in [-0.15, -0.1) is 0 Å². The van der Waals surface area contributed by atoms with Gasteiger partial charge in [-0.25, -0.2) is 4.57 Å². The van der Waals surface area contributed by atoms with E-state index in [0.717, 1.165) is 6.67 Å². The van der Waals surface area contributed by atoms with Crippen LogP contribution in [0.5, 0.6) is 0 Å². The van der Waals surface area contributed by atoms with Gasteiger partial charge >= 0.3 is 7.82 Å². The van der Waals surface area contributed by atoms with Crippen LogP contribution in [-0.4, -0.2) is 44.7 Å². The van der Waals surface area contributed by atoms with Gasteiger partial charge in [0.2, 0.25) is 0 Å². The van der Waals surface area contributed by atoms with Crippen molar-refractivity contribution in [2.75, 3.05) is 20.3 Å². The van der Waals surface area contributed by atoms with Crippen LogP contribution in [0.3, 0.4) is 0 Å². The third kappa shape index (κ3) is 13.4. The molecule has 0 aromatic rings. The molecule has 0 atom stereocenters. The smallest absolute Gasteiger partial charge is 0.362 e. The molecule has 3 N–H and O–H groups in total. The molecule has 0 saturated carbocycles. The Kier molecular flexibility index (Phi) is 9.46. The highest BCUT2D eigenvalue weighted by Gasteiger charge is 2.05. The normalized spacial score (nSPS) is 14.3. The van der Waals surface area contributed by atoms with Crippen molar-refractivity contribution in [2.45, 2.75) is 19.8 Å². The van der Waals surface area contributed by atoms with Crippen LogP contribution in [0.2, 0.25) is 0 Å². The molecule has 0 aromatic carbocycles. The summed E-state index contributed by atoms with van der Waals surface area (Å²) < 4.78 is 8.88. The molecular formula is C8H20FN2O4P. The quantitative estimate of drug-likeness (QED) is 0.646. The molecule has 1 aliphatic rings. The number of hydrogen-bond donors (Lipinski definition) is 3. The SMILES string of the molecule is CCCCN1C=CN(C)C1.F.O=P(O)(O)O. The van der Waals surface area contributed by atoms with Crippen molar-refractivity contribution in [2.24, 2.45) is 0 Å². The third-order valence-corrected chi connectivity index (χ3v) is 1.74. The van der Waals surface area contributed by atoms with Crippen LogP contribution in [0.25, 0.3) is 0 Å². The van der Waals surface area contributed by atoms with E-state index in [0.29, 0.717) is 0 Å². The maximum absolute atomic E-state index is 8.88. The van der Waals surface area contributed by atoms with E-state index in [1.807, 2.05) is 0 Å². The van der Waals surface area contributed by atoms with Crippen molar-refractivity contribution in [3.63, 3.8) is 0 Å². The lowest BCUT2D eigenvalue weighted by molar-refractivity contribution is 0.275. The lowest BCUT2D eigenvalue weighted by atomic mass is 10.3. The second-order valence-electron chi connectivity index (χ2n) is 3.38. The van der Waals surface area contributed by atoms with E-state index < -0.39 is 7.82 Å². The van der Waals surface area contributed by atoms with Gasteiger partial charge < -0.3 is 24.5 Å². The van der Waals surface area contributed by atoms with Gasteiger partial charge in [0.25, 0.3) is 0 Å². The Morgan fingerprint density at radius 1 is 1.31 bits per heavy atom. The number of rotatable bonds is 3. The molecule has 0 amide bonds. The second kappa shape index (κ2) is 8.52. The standard InChI is InChI=1S/C8H16N2.FH.H3O4P/c1-3-4-5-10-7-6-9(2)8-10;;1-5(2,3)4/h6-7H,3-5,8H2,1-2H3;1H;(H3,1,2,3,4). The molecule has 0 bridgehead atoms. The maximum Gasteiger partial charge on any atom is 0.466 e. The zero-order chi connectivity index (χ0) is 11.9. The fourth-order valence-corrected chi connectivity index (χ4v) is 1.10. The number of nitrogens with zero attached hydrogens (tertiary/aromatic N) is 2. The van der Waals surface area contributed by atoms with E-state index in [1.165, 1.54) is 19.4 Å². The first-order valence-corrected chi connectivity index (χ1v) is 6.30. The molecule has 1 heterocycles. The molecule has 0 saturated heterocycles. The first kappa shape index (κ1) is 17.8. The van der Waals surface area contributed by atoms with E-state index in [1.54, 1.807) is 0 Å². The summed E-state index contributed by atoms with van der Waals surface area (Å²) in [6.07, 6.45) is 6.87. The van der Waals surface area contributed by atoms with E-state index in [2.05, 4.69) is 36.2 Å².